The third-order valence-electron chi connectivity index (χ3n) is 4.32. The summed E-state index contributed by atoms with van der Waals surface area (Å²) in [4.78, 5) is 14.9. The molecule has 0 fully saturated rings. The van der Waals surface area contributed by atoms with E-state index in [0.717, 1.165) is 32.0 Å². The van der Waals surface area contributed by atoms with Gasteiger partial charge < -0.3 is 14.5 Å². The van der Waals surface area contributed by atoms with Gasteiger partial charge in [-0.2, -0.15) is 0 Å². The molecule has 4 nitrogen and oxygen atoms in total. The topological polar surface area (TPSA) is 66.2 Å². The van der Waals surface area contributed by atoms with Crippen molar-refractivity contribution in [1.29, 1.82) is 0 Å². The number of halogens is 1. The van der Waals surface area contributed by atoms with Gasteiger partial charge in [0.05, 0.1) is 5.69 Å². The maximum atomic E-state index is 11.6. The molecule has 0 aliphatic heterocycles. The van der Waals surface area contributed by atoms with Gasteiger partial charge in [-0.15, -0.1) is 0 Å². The lowest BCUT2D eigenvalue weighted by Gasteiger charge is -2.10. The molecule has 4 aromatic rings. The molecule has 0 aliphatic carbocycles. The third-order valence-corrected chi connectivity index (χ3v) is 4.81. The van der Waals surface area contributed by atoms with Crippen LogP contribution in [-0.2, 0) is 0 Å². The Morgan fingerprint density at radius 2 is 1.92 bits per heavy atom. The fraction of sp³-hybridized carbons (Fsp3) is 0.105. The summed E-state index contributed by atoms with van der Waals surface area (Å²) in [6.07, 6.45) is 0. The smallest absolute Gasteiger partial charge is 0.336 e. The minimum atomic E-state index is -0.411. The average Bonchev–Trinajstić information content (AvgIpc) is 2.94. The number of hydrogen-bond acceptors (Lipinski definition) is 3. The number of aromatic amines is 1. The summed E-state index contributed by atoms with van der Waals surface area (Å²) in [5.74, 6) is 0.113. The minimum absolute atomic E-state index is 0.113. The highest BCUT2D eigenvalue weighted by Crippen LogP contribution is 2.38. The molecule has 0 bridgehead atoms. The maximum Gasteiger partial charge on any atom is 0.336 e. The molecule has 2 aromatic heterocycles. The first-order chi connectivity index (χ1) is 11.4. The number of nitrogens with one attached hydrogen (secondary N) is 1. The number of rotatable bonds is 1. The first-order valence-corrected chi connectivity index (χ1v) is 8.29. The van der Waals surface area contributed by atoms with Crippen molar-refractivity contribution in [1.82, 2.24) is 4.98 Å². The zero-order valence-electron chi connectivity index (χ0n) is 13.1. The average molecular weight is 384 g/mol. The molecule has 0 saturated heterocycles. The molecule has 0 unspecified atom stereocenters. The molecule has 2 heterocycles. The van der Waals surface area contributed by atoms with E-state index >= 15 is 0 Å². The summed E-state index contributed by atoms with van der Waals surface area (Å²) >= 11 is 3.47. The summed E-state index contributed by atoms with van der Waals surface area (Å²) in [5, 5.41) is 12.5. The van der Waals surface area contributed by atoms with Crippen LogP contribution in [0.1, 0.15) is 11.1 Å². The van der Waals surface area contributed by atoms with Crippen molar-refractivity contribution in [2.45, 2.75) is 13.8 Å². The molecule has 0 aliphatic rings. The predicted octanol–water partition coefficient (Wildman–Crippen LogP) is 5.03. The van der Waals surface area contributed by atoms with Gasteiger partial charge in [-0.1, -0.05) is 15.9 Å². The van der Waals surface area contributed by atoms with Crippen molar-refractivity contribution in [3.8, 4) is 17.0 Å². The van der Waals surface area contributed by atoms with E-state index in [9.17, 15) is 9.90 Å². The Morgan fingerprint density at radius 1 is 1.12 bits per heavy atom. The summed E-state index contributed by atoms with van der Waals surface area (Å²) in [6.45, 7) is 3.62. The van der Waals surface area contributed by atoms with Crippen molar-refractivity contribution in [2.24, 2.45) is 0 Å². The van der Waals surface area contributed by atoms with E-state index in [1.807, 2.05) is 37.3 Å². The van der Waals surface area contributed by atoms with Gasteiger partial charge in [-0.25, -0.2) is 4.79 Å². The van der Waals surface area contributed by atoms with Crippen molar-refractivity contribution in [3.05, 3.63) is 62.4 Å². The van der Waals surface area contributed by atoms with E-state index in [-0.39, 0.29) is 5.75 Å². The zero-order chi connectivity index (χ0) is 17.0. The van der Waals surface area contributed by atoms with Gasteiger partial charge in [-0.05, 0) is 49.7 Å². The number of phenols is 1. The van der Waals surface area contributed by atoms with Crippen LogP contribution in [0.3, 0.4) is 0 Å². The number of aromatic hydroxyl groups is 1. The lowest BCUT2D eigenvalue weighted by molar-refractivity contribution is 0.470. The van der Waals surface area contributed by atoms with Crippen LogP contribution in [0.4, 0.5) is 0 Å². The van der Waals surface area contributed by atoms with Gasteiger partial charge in [0, 0.05) is 38.0 Å². The number of benzene rings is 2. The summed E-state index contributed by atoms with van der Waals surface area (Å²) in [5.41, 5.74) is 3.89. The Kier molecular flexibility index (Phi) is 3.28. The molecular formula is C19H14BrNO3. The zero-order valence-corrected chi connectivity index (χ0v) is 14.7. The molecule has 24 heavy (non-hydrogen) atoms. The Morgan fingerprint density at radius 3 is 2.71 bits per heavy atom. The number of fused-ring (bicyclic) bond motifs is 2. The van der Waals surface area contributed by atoms with Crippen molar-refractivity contribution in [2.75, 3.05) is 0 Å². The lowest BCUT2D eigenvalue weighted by Crippen LogP contribution is -1.99. The highest BCUT2D eigenvalue weighted by molar-refractivity contribution is 9.10. The van der Waals surface area contributed by atoms with Crippen LogP contribution in [0.15, 0.2) is 50.1 Å². The van der Waals surface area contributed by atoms with Crippen molar-refractivity contribution < 1.29 is 9.52 Å². The van der Waals surface area contributed by atoms with E-state index < -0.39 is 5.63 Å². The maximum absolute atomic E-state index is 11.6. The summed E-state index contributed by atoms with van der Waals surface area (Å²) < 4.78 is 6.28. The van der Waals surface area contributed by atoms with Crippen LogP contribution in [-0.4, -0.2) is 10.1 Å². The van der Waals surface area contributed by atoms with E-state index in [0.29, 0.717) is 16.7 Å². The molecule has 120 valence electrons. The Hall–Kier alpha value is -2.53. The molecule has 0 atom stereocenters. The van der Waals surface area contributed by atoms with Crippen LogP contribution in [0, 0.1) is 13.8 Å². The first kappa shape index (κ1) is 15.0. The number of aromatic nitrogens is 1. The van der Waals surface area contributed by atoms with Gasteiger partial charge >= 0.3 is 5.63 Å². The normalized spacial score (nSPS) is 11.5. The number of phenolic OH excluding ortho intramolecular Hbond substituents is 1. The second kappa shape index (κ2) is 5.24. The van der Waals surface area contributed by atoms with Gasteiger partial charge in [0.2, 0.25) is 0 Å². The number of aryl methyl sites for hydroxylation is 2. The van der Waals surface area contributed by atoms with Crippen LogP contribution in [0.2, 0.25) is 0 Å². The summed E-state index contributed by atoms with van der Waals surface area (Å²) in [7, 11) is 0. The molecule has 5 heteroatoms. The fourth-order valence-electron chi connectivity index (χ4n) is 3.05. The van der Waals surface area contributed by atoms with E-state index in [1.54, 1.807) is 6.92 Å². The van der Waals surface area contributed by atoms with E-state index in [1.165, 1.54) is 6.07 Å². The molecular weight excluding hydrogens is 370 g/mol. The first-order valence-electron chi connectivity index (χ1n) is 7.50. The van der Waals surface area contributed by atoms with Crippen LogP contribution in [0.25, 0.3) is 33.1 Å². The SMILES string of the molecule is Cc1cc(=O)oc2c(C)c(O)c(-c3cc4cc(Br)ccc4[nH]3)cc12. The van der Waals surface area contributed by atoms with Crippen LogP contribution >= 0.6 is 15.9 Å². The minimum Gasteiger partial charge on any atom is -0.507 e. The lowest BCUT2D eigenvalue weighted by atomic mass is 10.0. The van der Waals surface area contributed by atoms with Crippen LogP contribution in [0.5, 0.6) is 5.75 Å². The Bertz CT molecular complexity index is 1170. The van der Waals surface area contributed by atoms with Gasteiger partial charge in [0.25, 0.3) is 0 Å². The fourth-order valence-corrected chi connectivity index (χ4v) is 3.43. The van der Waals surface area contributed by atoms with Crippen molar-refractivity contribution >= 4 is 37.8 Å². The van der Waals surface area contributed by atoms with Gasteiger partial charge in [0.15, 0.2) is 0 Å². The highest BCUT2D eigenvalue weighted by Gasteiger charge is 2.16. The molecule has 2 aromatic carbocycles. The molecule has 2 N–H and O–H groups in total. The molecule has 0 spiro atoms. The second-order valence-corrected chi connectivity index (χ2v) is 6.85. The van der Waals surface area contributed by atoms with E-state index in [2.05, 4.69) is 20.9 Å². The monoisotopic (exact) mass is 383 g/mol. The molecule has 0 radical (unpaired) electrons. The number of hydrogen-bond donors (Lipinski definition) is 2. The standard InChI is InChI=1S/C19H14BrNO3/c1-9-5-17(22)24-19-10(2)18(23)14(8-13(9)19)16-7-11-6-12(20)3-4-15(11)21-16/h3-8,21,23H,1-2H3. The third kappa shape index (κ3) is 2.24. The summed E-state index contributed by atoms with van der Waals surface area (Å²) in [6, 6.07) is 11.3. The predicted molar refractivity (Wildman–Crippen MR) is 98.6 cm³/mol. The second-order valence-electron chi connectivity index (χ2n) is 5.94. The van der Waals surface area contributed by atoms with E-state index in [4.69, 9.17) is 4.42 Å². The van der Waals surface area contributed by atoms with Gasteiger partial charge in [-0.3, -0.25) is 0 Å². The largest absolute Gasteiger partial charge is 0.507 e. The Labute approximate surface area is 145 Å². The quantitative estimate of drug-likeness (QED) is 0.453. The molecule has 0 saturated carbocycles. The molecule has 0 amide bonds. The number of H-pyrrole nitrogens is 1. The van der Waals surface area contributed by atoms with Gasteiger partial charge in [0.1, 0.15) is 11.3 Å². The van der Waals surface area contributed by atoms with Crippen molar-refractivity contribution in [3.63, 3.8) is 0 Å². The molecule has 4 rings (SSSR count). The van der Waals surface area contributed by atoms with Crippen LogP contribution < -0.4 is 5.63 Å². The Balaban J connectivity index is 2.05. The highest BCUT2D eigenvalue weighted by atomic mass is 79.9.